The van der Waals surface area contributed by atoms with Crippen molar-refractivity contribution in [1.82, 2.24) is 5.32 Å². The maximum atomic E-state index is 13.2. The van der Waals surface area contributed by atoms with Crippen molar-refractivity contribution in [1.29, 1.82) is 0 Å². The number of rotatable bonds is 9. The molecule has 0 aromatic heterocycles. The lowest BCUT2D eigenvalue weighted by Crippen LogP contribution is -2.41. The molecule has 5 nitrogen and oxygen atoms in total. The number of carbonyl (C=O) groups is 1. The molecule has 0 fully saturated rings. The van der Waals surface area contributed by atoms with E-state index < -0.39 is 10.0 Å². The Morgan fingerprint density at radius 2 is 1.81 bits per heavy atom. The molecule has 0 aliphatic heterocycles. The topological polar surface area (TPSA) is 66.5 Å². The number of carbonyl (C=O) groups excluding carboxylic acids is 1. The average molecular weight is 409 g/mol. The van der Waals surface area contributed by atoms with Gasteiger partial charge in [0.25, 0.3) is 10.0 Å². The second-order valence-corrected chi connectivity index (χ2v) is 8.61. The lowest BCUT2D eigenvalue weighted by Gasteiger charge is -2.25. The minimum absolute atomic E-state index is 0.128. The molecule has 0 saturated carbocycles. The Morgan fingerprint density at radius 1 is 1.11 bits per heavy atom. The molecule has 0 aliphatic rings. The van der Waals surface area contributed by atoms with Crippen molar-refractivity contribution >= 4 is 33.2 Å². The van der Waals surface area contributed by atoms with Gasteiger partial charge in [0, 0.05) is 11.6 Å². The number of hydrogen-bond donors (Lipinski definition) is 1. The van der Waals surface area contributed by atoms with Crippen LogP contribution in [0.5, 0.6) is 0 Å². The Kier molecular flexibility index (Phi) is 7.68. The number of benzene rings is 2. The molecule has 1 N–H and O–H groups in total. The fourth-order valence-corrected chi connectivity index (χ4v) is 4.32. The summed E-state index contributed by atoms with van der Waals surface area (Å²) >= 11 is 6.09. The molecule has 1 amide bonds. The van der Waals surface area contributed by atoms with Gasteiger partial charge < -0.3 is 5.32 Å². The summed E-state index contributed by atoms with van der Waals surface area (Å²) in [6, 6.07) is 13.1. The number of unbranched alkanes of at least 4 members (excludes halogenated alkanes) is 2. The van der Waals surface area contributed by atoms with Crippen LogP contribution >= 0.6 is 11.6 Å². The molecule has 0 saturated heterocycles. The molecular weight excluding hydrogens is 384 g/mol. The molecule has 2 aromatic carbocycles. The van der Waals surface area contributed by atoms with Crippen LogP contribution < -0.4 is 9.62 Å². The summed E-state index contributed by atoms with van der Waals surface area (Å²) < 4.78 is 27.5. The van der Waals surface area contributed by atoms with Crippen LogP contribution in [0, 0.1) is 6.92 Å². The van der Waals surface area contributed by atoms with Gasteiger partial charge in [-0.3, -0.25) is 9.10 Å². The number of amides is 1. The summed E-state index contributed by atoms with van der Waals surface area (Å²) in [6.45, 7) is 4.10. The summed E-state index contributed by atoms with van der Waals surface area (Å²) in [7, 11) is -3.91. The third kappa shape index (κ3) is 5.71. The van der Waals surface area contributed by atoms with E-state index in [0.29, 0.717) is 17.3 Å². The molecule has 2 aromatic rings. The van der Waals surface area contributed by atoms with Crippen molar-refractivity contribution < 1.29 is 13.2 Å². The highest BCUT2D eigenvalue weighted by Gasteiger charge is 2.28. The van der Waals surface area contributed by atoms with Crippen LogP contribution in [0.25, 0.3) is 0 Å². The van der Waals surface area contributed by atoms with Crippen LogP contribution in [0.1, 0.15) is 31.7 Å². The SMILES string of the molecule is CCCCCNC(=O)CN(c1cc(Cl)ccc1C)S(=O)(=O)c1ccccc1. The van der Waals surface area contributed by atoms with Crippen LogP contribution in [-0.4, -0.2) is 27.4 Å². The second kappa shape index (κ2) is 9.76. The molecule has 0 radical (unpaired) electrons. The zero-order valence-electron chi connectivity index (χ0n) is 15.6. The summed E-state index contributed by atoms with van der Waals surface area (Å²) in [5.41, 5.74) is 1.12. The molecule has 146 valence electrons. The lowest BCUT2D eigenvalue weighted by atomic mass is 10.2. The molecule has 0 unspecified atom stereocenters. The van der Waals surface area contributed by atoms with Crippen molar-refractivity contribution in [3.8, 4) is 0 Å². The number of nitrogens with zero attached hydrogens (tertiary/aromatic N) is 1. The maximum Gasteiger partial charge on any atom is 0.264 e. The van der Waals surface area contributed by atoms with Crippen molar-refractivity contribution in [3.05, 3.63) is 59.1 Å². The summed E-state index contributed by atoms with van der Waals surface area (Å²) in [5.74, 6) is -0.343. The number of aryl methyl sites for hydroxylation is 1. The first-order valence-electron chi connectivity index (χ1n) is 8.97. The zero-order valence-corrected chi connectivity index (χ0v) is 17.2. The average Bonchev–Trinajstić information content (AvgIpc) is 2.66. The number of halogens is 1. The Labute approximate surface area is 166 Å². The van der Waals surface area contributed by atoms with E-state index >= 15 is 0 Å². The van der Waals surface area contributed by atoms with E-state index in [2.05, 4.69) is 12.2 Å². The summed E-state index contributed by atoms with van der Waals surface area (Å²) in [4.78, 5) is 12.5. The molecule has 0 bridgehead atoms. The highest BCUT2D eigenvalue weighted by molar-refractivity contribution is 7.92. The van der Waals surface area contributed by atoms with E-state index in [9.17, 15) is 13.2 Å². The van der Waals surface area contributed by atoms with Crippen molar-refractivity contribution in [2.24, 2.45) is 0 Å². The quantitative estimate of drug-likeness (QED) is 0.634. The van der Waals surface area contributed by atoms with Gasteiger partial charge in [0.2, 0.25) is 5.91 Å². The number of anilines is 1. The predicted octanol–water partition coefficient (Wildman–Crippen LogP) is 4.15. The fraction of sp³-hybridized carbons (Fsp3) is 0.350. The van der Waals surface area contributed by atoms with Crippen molar-refractivity contribution in [3.63, 3.8) is 0 Å². The third-order valence-corrected chi connectivity index (χ3v) is 6.17. The molecule has 0 aliphatic carbocycles. The van der Waals surface area contributed by atoms with Gasteiger partial charge in [0.1, 0.15) is 6.54 Å². The van der Waals surface area contributed by atoms with Gasteiger partial charge in [-0.2, -0.15) is 0 Å². The Hall–Kier alpha value is -2.05. The van der Waals surface area contributed by atoms with Crippen molar-refractivity contribution in [2.45, 2.75) is 38.0 Å². The van der Waals surface area contributed by atoms with Gasteiger partial charge in [-0.15, -0.1) is 0 Å². The molecule has 7 heteroatoms. The van der Waals surface area contributed by atoms with E-state index in [4.69, 9.17) is 11.6 Å². The van der Waals surface area contributed by atoms with Crippen molar-refractivity contribution in [2.75, 3.05) is 17.4 Å². The monoisotopic (exact) mass is 408 g/mol. The molecule has 0 atom stereocenters. The normalized spacial score (nSPS) is 11.2. The van der Waals surface area contributed by atoms with Gasteiger partial charge in [0.15, 0.2) is 0 Å². The van der Waals surface area contributed by atoms with E-state index in [0.717, 1.165) is 29.1 Å². The highest BCUT2D eigenvalue weighted by atomic mass is 35.5. The second-order valence-electron chi connectivity index (χ2n) is 6.31. The maximum absolute atomic E-state index is 13.2. The van der Waals surface area contributed by atoms with E-state index in [1.807, 2.05) is 0 Å². The molecule has 2 rings (SSSR count). The Balaban J connectivity index is 2.35. The fourth-order valence-electron chi connectivity index (χ4n) is 2.66. The summed E-state index contributed by atoms with van der Waals surface area (Å²) in [6.07, 6.45) is 2.93. The Morgan fingerprint density at radius 3 is 2.48 bits per heavy atom. The highest BCUT2D eigenvalue weighted by Crippen LogP contribution is 2.29. The first-order chi connectivity index (χ1) is 12.9. The van der Waals surface area contributed by atoms with Gasteiger partial charge in [-0.1, -0.05) is 55.6 Å². The van der Waals surface area contributed by atoms with Crippen LogP contribution in [0.3, 0.4) is 0 Å². The molecular formula is C20H25ClN2O3S. The number of sulfonamides is 1. The van der Waals surface area contributed by atoms with E-state index in [-0.39, 0.29) is 17.3 Å². The van der Waals surface area contributed by atoms with Gasteiger partial charge in [-0.05, 0) is 43.2 Å². The van der Waals surface area contributed by atoms with Gasteiger partial charge in [0.05, 0.1) is 10.6 Å². The predicted molar refractivity (Wildman–Crippen MR) is 110 cm³/mol. The lowest BCUT2D eigenvalue weighted by molar-refractivity contribution is -0.119. The minimum Gasteiger partial charge on any atom is -0.355 e. The smallest absolute Gasteiger partial charge is 0.264 e. The summed E-state index contributed by atoms with van der Waals surface area (Å²) in [5, 5.41) is 3.21. The van der Waals surface area contributed by atoms with Crippen LogP contribution in [-0.2, 0) is 14.8 Å². The Bertz CT molecular complexity index is 870. The van der Waals surface area contributed by atoms with Crippen LogP contribution in [0.4, 0.5) is 5.69 Å². The largest absolute Gasteiger partial charge is 0.355 e. The van der Waals surface area contributed by atoms with Crippen LogP contribution in [0.2, 0.25) is 5.02 Å². The van der Waals surface area contributed by atoms with Gasteiger partial charge >= 0.3 is 0 Å². The molecule has 0 heterocycles. The third-order valence-electron chi connectivity index (χ3n) is 4.16. The standard InChI is InChI=1S/C20H25ClN2O3S/c1-3-4-8-13-22-20(24)15-23(19-14-17(21)12-11-16(19)2)27(25,26)18-9-6-5-7-10-18/h5-7,9-12,14H,3-4,8,13,15H2,1-2H3,(H,22,24). The number of nitrogens with one attached hydrogen (secondary N) is 1. The minimum atomic E-state index is -3.91. The van der Waals surface area contributed by atoms with E-state index in [1.54, 1.807) is 43.3 Å². The molecule has 0 spiro atoms. The van der Waals surface area contributed by atoms with E-state index in [1.165, 1.54) is 12.1 Å². The number of hydrogen-bond acceptors (Lipinski definition) is 3. The van der Waals surface area contributed by atoms with Crippen LogP contribution in [0.15, 0.2) is 53.4 Å². The molecule has 27 heavy (non-hydrogen) atoms. The first-order valence-corrected chi connectivity index (χ1v) is 10.8. The zero-order chi connectivity index (χ0) is 19.9. The van der Waals surface area contributed by atoms with Gasteiger partial charge in [-0.25, -0.2) is 8.42 Å². The first kappa shape index (κ1) is 21.3.